The molecule has 0 aliphatic heterocycles. The van der Waals surface area contributed by atoms with Gasteiger partial charge in [-0.1, -0.05) is 12.1 Å². The minimum absolute atomic E-state index is 0. The van der Waals surface area contributed by atoms with Gasteiger partial charge in [0.2, 0.25) is 0 Å². The van der Waals surface area contributed by atoms with E-state index < -0.39 is 0 Å². The molecule has 1 rings (SSSR count). The van der Waals surface area contributed by atoms with Crippen LogP contribution in [-0.2, 0) is 16.0 Å². The molecule has 174 valence electrons. The molecule has 0 radical (unpaired) electrons. The lowest BCUT2D eigenvalue weighted by atomic mass is 10.1. The van der Waals surface area contributed by atoms with Crippen molar-refractivity contribution in [3.8, 4) is 5.75 Å². The van der Waals surface area contributed by atoms with Crippen LogP contribution in [0.1, 0.15) is 31.4 Å². The zero-order valence-electron chi connectivity index (χ0n) is 19.5. The van der Waals surface area contributed by atoms with Gasteiger partial charge in [0.25, 0.3) is 0 Å². The van der Waals surface area contributed by atoms with E-state index in [4.69, 9.17) is 19.2 Å². The number of aliphatic imine (C=N–C) groups is 1. The van der Waals surface area contributed by atoms with Crippen LogP contribution in [0, 0.1) is 6.92 Å². The van der Waals surface area contributed by atoms with Gasteiger partial charge in [-0.2, -0.15) is 0 Å². The minimum atomic E-state index is 0. The number of guanidine groups is 1. The smallest absolute Gasteiger partial charge is 0.191 e. The van der Waals surface area contributed by atoms with E-state index in [0.29, 0.717) is 26.4 Å². The number of nitrogens with zero attached hydrogens (tertiary/aromatic N) is 2. The molecule has 0 amide bonds. The van der Waals surface area contributed by atoms with Crippen LogP contribution in [0.3, 0.4) is 0 Å². The van der Waals surface area contributed by atoms with E-state index in [9.17, 15) is 0 Å². The Kier molecular flexibility index (Phi) is 16.9. The van der Waals surface area contributed by atoms with Crippen LogP contribution in [-0.4, -0.2) is 77.6 Å². The maximum Gasteiger partial charge on any atom is 0.191 e. The van der Waals surface area contributed by atoms with Crippen molar-refractivity contribution in [3.05, 3.63) is 29.3 Å². The zero-order valence-corrected chi connectivity index (χ0v) is 21.8. The predicted molar refractivity (Wildman–Crippen MR) is 135 cm³/mol. The molecule has 0 bridgehead atoms. The van der Waals surface area contributed by atoms with E-state index in [0.717, 1.165) is 48.9 Å². The van der Waals surface area contributed by atoms with Crippen LogP contribution in [0.2, 0.25) is 0 Å². The van der Waals surface area contributed by atoms with Gasteiger partial charge >= 0.3 is 0 Å². The summed E-state index contributed by atoms with van der Waals surface area (Å²) in [5.41, 5.74) is 2.22. The highest BCUT2D eigenvalue weighted by atomic mass is 127. The van der Waals surface area contributed by atoms with Crippen LogP contribution in [0.4, 0.5) is 0 Å². The molecule has 8 heteroatoms. The van der Waals surface area contributed by atoms with Gasteiger partial charge in [-0.25, -0.2) is 4.99 Å². The summed E-state index contributed by atoms with van der Waals surface area (Å²) in [6.45, 7) is 11.0. The lowest BCUT2D eigenvalue weighted by molar-refractivity contribution is 0.0548. The second-order valence-electron chi connectivity index (χ2n) is 7.20. The van der Waals surface area contributed by atoms with Crippen LogP contribution in [0.15, 0.2) is 23.2 Å². The number of ether oxygens (including phenoxy) is 3. The quantitative estimate of drug-likeness (QED) is 0.165. The molecule has 0 saturated heterocycles. The first-order chi connectivity index (χ1) is 14.0. The highest BCUT2D eigenvalue weighted by Crippen LogP contribution is 2.21. The molecular formula is C22H41IN4O3. The maximum atomic E-state index is 5.88. The fourth-order valence-corrected chi connectivity index (χ4v) is 2.76. The molecule has 0 spiro atoms. The van der Waals surface area contributed by atoms with Gasteiger partial charge in [-0.05, 0) is 52.9 Å². The van der Waals surface area contributed by atoms with E-state index in [1.807, 2.05) is 13.0 Å². The summed E-state index contributed by atoms with van der Waals surface area (Å²) in [6.07, 6.45) is 1.13. The Morgan fingerprint density at radius 1 is 1.17 bits per heavy atom. The number of nitrogens with one attached hydrogen (secondary N) is 2. The molecule has 0 aliphatic carbocycles. The molecule has 1 atom stereocenters. The monoisotopic (exact) mass is 536 g/mol. The summed E-state index contributed by atoms with van der Waals surface area (Å²) in [5.74, 6) is 1.64. The number of halogens is 1. The first kappa shape index (κ1) is 28.9. The Balaban J connectivity index is 0.00000841. The van der Waals surface area contributed by atoms with Crippen molar-refractivity contribution in [3.63, 3.8) is 0 Å². The summed E-state index contributed by atoms with van der Waals surface area (Å²) in [6, 6.07) is 6.21. The third-order valence-electron chi connectivity index (χ3n) is 4.32. The maximum absolute atomic E-state index is 5.88. The van der Waals surface area contributed by atoms with E-state index in [1.165, 1.54) is 0 Å². The van der Waals surface area contributed by atoms with Crippen molar-refractivity contribution in [2.24, 2.45) is 4.99 Å². The van der Waals surface area contributed by atoms with Crippen LogP contribution < -0.4 is 15.4 Å². The Morgan fingerprint density at radius 2 is 1.93 bits per heavy atom. The highest BCUT2D eigenvalue weighted by Gasteiger charge is 2.11. The van der Waals surface area contributed by atoms with Gasteiger partial charge < -0.3 is 29.7 Å². The van der Waals surface area contributed by atoms with E-state index >= 15 is 0 Å². The molecule has 0 heterocycles. The van der Waals surface area contributed by atoms with E-state index in [2.05, 4.69) is 55.6 Å². The lowest BCUT2D eigenvalue weighted by Crippen LogP contribution is -2.42. The van der Waals surface area contributed by atoms with Crippen LogP contribution >= 0.6 is 24.0 Å². The van der Waals surface area contributed by atoms with Crippen molar-refractivity contribution in [1.29, 1.82) is 0 Å². The lowest BCUT2D eigenvalue weighted by Gasteiger charge is -2.21. The average Bonchev–Trinajstić information content (AvgIpc) is 2.69. The number of hydrogen-bond acceptors (Lipinski definition) is 5. The van der Waals surface area contributed by atoms with Crippen molar-refractivity contribution in [2.75, 3.05) is 60.7 Å². The average molecular weight is 536 g/mol. The number of rotatable bonds is 14. The minimum Gasteiger partial charge on any atom is -0.491 e. The van der Waals surface area contributed by atoms with Crippen LogP contribution in [0.5, 0.6) is 5.75 Å². The number of benzene rings is 1. The van der Waals surface area contributed by atoms with E-state index in [-0.39, 0.29) is 30.1 Å². The fourth-order valence-electron chi connectivity index (χ4n) is 2.76. The Bertz CT molecular complexity index is 600. The van der Waals surface area contributed by atoms with Crippen molar-refractivity contribution >= 4 is 29.9 Å². The summed E-state index contributed by atoms with van der Waals surface area (Å²) in [5, 5.41) is 6.73. The molecule has 30 heavy (non-hydrogen) atoms. The van der Waals surface area contributed by atoms with Gasteiger partial charge in [0.15, 0.2) is 5.96 Å². The molecule has 0 fully saturated rings. The van der Waals surface area contributed by atoms with Gasteiger partial charge in [-0.15, -0.1) is 24.0 Å². The molecule has 1 unspecified atom stereocenters. The molecule has 1 aromatic rings. The Morgan fingerprint density at radius 3 is 2.57 bits per heavy atom. The van der Waals surface area contributed by atoms with E-state index in [1.54, 1.807) is 7.11 Å². The third-order valence-corrected chi connectivity index (χ3v) is 4.32. The summed E-state index contributed by atoms with van der Waals surface area (Å²) >= 11 is 0. The van der Waals surface area contributed by atoms with Crippen molar-refractivity contribution in [1.82, 2.24) is 15.5 Å². The second kappa shape index (κ2) is 17.6. The zero-order chi connectivity index (χ0) is 21.5. The Hall–Kier alpha value is -1.10. The van der Waals surface area contributed by atoms with Gasteiger partial charge in [-0.3, -0.25) is 0 Å². The summed E-state index contributed by atoms with van der Waals surface area (Å²) in [4.78, 5) is 6.92. The SMILES string of the molecule is CCNC(=NCc1ccc(C)cc1OCCOC)NCC(CCN(C)C)OCC.I. The van der Waals surface area contributed by atoms with Crippen molar-refractivity contribution < 1.29 is 14.2 Å². The normalized spacial score (nSPS) is 12.4. The van der Waals surface area contributed by atoms with Gasteiger partial charge in [0.1, 0.15) is 12.4 Å². The third kappa shape index (κ3) is 12.6. The standard InChI is InChI=1S/C22H40N4O3.HI/c1-7-23-22(25-17-20(28-8-2)11-12-26(4)5)24-16-19-10-9-18(3)15-21(19)29-14-13-27-6;/h9-10,15,20H,7-8,11-14,16-17H2,1-6H3,(H2,23,24,25);1H. The van der Waals surface area contributed by atoms with Gasteiger partial charge in [0, 0.05) is 38.9 Å². The van der Waals surface area contributed by atoms with Crippen molar-refractivity contribution in [2.45, 2.75) is 39.8 Å². The molecule has 0 aliphatic rings. The molecular weight excluding hydrogens is 495 g/mol. The molecule has 1 aromatic carbocycles. The summed E-state index contributed by atoms with van der Waals surface area (Å²) in [7, 11) is 5.83. The van der Waals surface area contributed by atoms with Gasteiger partial charge in [0.05, 0.1) is 19.3 Å². The number of hydrogen-bond donors (Lipinski definition) is 2. The number of aryl methyl sites for hydroxylation is 1. The topological polar surface area (TPSA) is 67.4 Å². The largest absolute Gasteiger partial charge is 0.491 e. The predicted octanol–water partition coefficient (Wildman–Crippen LogP) is 3.05. The summed E-state index contributed by atoms with van der Waals surface area (Å²) < 4.78 is 16.8. The molecule has 2 N–H and O–H groups in total. The number of methoxy groups -OCH3 is 1. The second-order valence-corrected chi connectivity index (χ2v) is 7.20. The molecule has 0 aromatic heterocycles. The molecule has 7 nitrogen and oxygen atoms in total. The fraction of sp³-hybridized carbons (Fsp3) is 0.682. The first-order valence-corrected chi connectivity index (χ1v) is 10.5. The molecule has 0 saturated carbocycles. The highest BCUT2D eigenvalue weighted by molar-refractivity contribution is 14.0. The first-order valence-electron chi connectivity index (χ1n) is 10.5. The Labute approximate surface area is 200 Å². The van der Waals surface area contributed by atoms with Crippen LogP contribution in [0.25, 0.3) is 0 Å².